The lowest BCUT2D eigenvalue weighted by molar-refractivity contribution is 0.719. The monoisotopic (exact) mass is 339 g/mol. The second-order valence-corrected chi connectivity index (χ2v) is 6.16. The van der Waals surface area contributed by atoms with E-state index in [0.29, 0.717) is 6.54 Å². The molecule has 1 aromatic carbocycles. The Bertz CT molecular complexity index is 549. The lowest BCUT2D eigenvalue weighted by Gasteiger charge is -2.04. The molecule has 0 spiro atoms. The van der Waals surface area contributed by atoms with Gasteiger partial charge in [0.1, 0.15) is 0 Å². The highest BCUT2D eigenvalue weighted by Crippen LogP contribution is 2.29. The van der Waals surface area contributed by atoms with Crippen molar-refractivity contribution in [2.75, 3.05) is 0 Å². The number of benzene rings is 1. The third-order valence-corrected chi connectivity index (χ3v) is 4.98. The zero-order valence-corrected chi connectivity index (χ0v) is 13.6. The topological polar surface area (TPSA) is 43.8 Å². The minimum atomic E-state index is 0.595. The Morgan fingerprint density at radius 1 is 1.32 bits per heavy atom. The summed E-state index contributed by atoms with van der Waals surface area (Å²) in [5.41, 5.74) is 9.11. The minimum absolute atomic E-state index is 0.595. The molecule has 5 heteroatoms. The van der Waals surface area contributed by atoms with Gasteiger partial charge in [-0.3, -0.25) is 4.68 Å². The molecule has 0 radical (unpaired) electrons. The van der Waals surface area contributed by atoms with Crippen LogP contribution in [0.25, 0.3) is 0 Å². The quantitative estimate of drug-likeness (QED) is 0.848. The van der Waals surface area contributed by atoms with Crippen LogP contribution in [0.2, 0.25) is 0 Å². The molecule has 0 bridgehead atoms. The Morgan fingerprint density at radius 2 is 2.00 bits per heavy atom. The van der Waals surface area contributed by atoms with Gasteiger partial charge in [0.2, 0.25) is 0 Å². The van der Waals surface area contributed by atoms with Crippen LogP contribution in [-0.2, 0) is 25.8 Å². The molecule has 0 aliphatic rings. The van der Waals surface area contributed by atoms with Crippen molar-refractivity contribution in [1.29, 1.82) is 0 Å². The maximum atomic E-state index is 5.60. The van der Waals surface area contributed by atoms with Crippen molar-refractivity contribution in [3.63, 3.8) is 0 Å². The lowest BCUT2D eigenvalue weighted by Crippen LogP contribution is -1.97. The Balaban J connectivity index is 2.07. The summed E-state index contributed by atoms with van der Waals surface area (Å²) in [5.74, 6) is 0.909. The number of hydrogen-bond donors (Lipinski definition) is 1. The van der Waals surface area contributed by atoms with Crippen LogP contribution in [0.5, 0.6) is 0 Å². The summed E-state index contributed by atoms with van der Waals surface area (Å²) in [6.07, 6.45) is 0.949. The summed E-state index contributed by atoms with van der Waals surface area (Å²) in [6.45, 7) is 2.72. The van der Waals surface area contributed by atoms with Crippen molar-refractivity contribution < 1.29 is 0 Å². The van der Waals surface area contributed by atoms with Crippen LogP contribution in [0.15, 0.2) is 33.6 Å². The third kappa shape index (κ3) is 3.41. The van der Waals surface area contributed by atoms with Gasteiger partial charge in [0.05, 0.1) is 15.9 Å². The molecule has 0 unspecified atom stereocenters. The molecule has 19 heavy (non-hydrogen) atoms. The standard InChI is InChI=1S/C14H18BrN3S/c1-3-12-14(15)13(18(2)17-12)9-19-11-6-4-10(8-16)5-7-11/h4-7H,3,8-9,16H2,1-2H3. The van der Waals surface area contributed by atoms with E-state index >= 15 is 0 Å². The van der Waals surface area contributed by atoms with Gasteiger partial charge in [-0.15, -0.1) is 11.8 Å². The first kappa shape index (κ1) is 14.6. The van der Waals surface area contributed by atoms with Crippen molar-refractivity contribution in [2.24, 2.45) is 12.8 Å². The fourth-order valence-electron chi connectivity index (χ4n) is 1.85. The van der Waals surface area contributed by atoms with Crippen molar-refractivity contribution in [1.82, 2.24) is 9.78 Å². The lowest BCUT2D eigenvalue weighted by atomic mass is 10.2. The molecule has 0 amide bonds. The number of rotatable bonds is 5. The molecule has 2 aromatic rings. The first-order chi connectivity index (χ1) is 9.15. The van der Waals surface area contributed by atoms with E-state index in [1.54, 1.807) is 0 Å². The summed E-state index contributed by atoms with van der Waals surface area (Å²) in [4.78, 5) is 1.25. The first-order valence-electron chi connectivity index (χ1n) is 6.27. The van der Waals surface area contributed by atoms with E-state index in [0.717, 1.165) is 22.3 Å². The second-order valence-electron chi connectivity index (χ2n) is 4.32. The number of nitrogens with two attached hydrogens (primary N) is 1. The molecule has 0 aliphatic carbocycles. The molecule has 102 valence electrons. The molecule has 2 N–H and O–H groups in total. The molecule has 0 atom stereocenters. The fourth-order valence-corrected chi connectivity index (χ4v) is 3.76. The molecule has 0 saturated heterocycles. The van der Waals surface area contributed by atoms with Crippen LogP contribution in [0, 0.1) is 0 Å². The average Bonchev–Trinajstić information content (AvgIpc) is 2.72. The number of thioether (sulfide) groups is 1. The number of nitrogens with zero attached hydrogens (tertiary/aromatic N) is 2. The van der Waals surface area contributed by atoms with E-state index in [-0.39, 0.29) is 0 Å². The summed E-state index contributed by atoms with van der Waals surface area (Å²) in [7, 11) is 2.00. The van der Waals surface area contributed by atoms with Crippen LogP contribution in [0.4, 0.5) is 0 Å². The molecule has 1 heterocycles. The molecule has 3 nitrogen and oxygen atoms in total. The fraction of sp³-hybridized carbons (Fsp3) is 0.357. The summed E-state index contributed by atoms with van der Waals surface area (Å²) < 4.78 is 3.10. The van der Waals surface area contributed by atoms with E-state index in [1.807, 2.05) is 23.5 Å². The SMILES string of the molecule is CCc1nn(C)c(CSc2ccc(CN)cc2)c1Br. The zero-order chi connectivity index (χ0) is 13.8. The minimum Gasteiger partial charge on any atom is -0.326 e. The maximum Gasteiger partial charge on any atom is 0.0767 e. The zero-order valence-electron chi connectivity index (χ0n) is 11.2. The van der Waals surface area contributed by atoms with E-state index in [9.17, 15) is 0 Å². The van der Waals surface area contributed by atoms with Crippen LogP contribution < -0.4 is 5.73 Å². The van der Waals surface area contributed by atoms with Gasteiger partial charge in [-0.25, -0.2) is 0 Å². The summed E-state index contributed by atoms with van der Waals surface area (Å²) >= 11 is 5.46. The predicted molar refractivity (Wildman–Crippen MR) is 84.2 cm³/mol. The molecule has 2 rings (SSSR count). The maximum absolute atomic E-state index is 5.60. The van der Waals surface area contributed by atoms with Gasteiger partial charge in [-0.1, -0.05) is 19.1 Å². The second kappa shape index (κ2) is 6.59. The highest BCUT2D eigenvalue weighted by atomic mass is 79.9. The predicted octanol–water partition coefficient (Wildman–Crippen LogP) is 3.50. The van der Waals surface area contributed by atoms with E-state index in [2.05, 4.69) is 52.2 Å². The van der Waals surface area contributed by atoms with Gasteiger partial charge in [0.25, 0.3) is 0 Å². The number of halogens is 1. The normalized spacial score (nSPS) is 10.9. The van der Waals surface area contributed by atoms with E-state index in [4.69, 9.17) is 5.73 Å². The van der Waals surface area contributed by atoms with Crippen molar-refractivity contribution >= 4 is 27.7 Å². The Hall–Kier alpha value is -0.780. The molecule has 0 saturated carbocycles. The van der Waals surface area contributed by atoms with Gasteiger partial charge >= 0.3 is 0 Å². The van der Waals surface area contributed by atoms with Gasteiger partial charge in [-0.2, -0.15) is 5.10 Å². The highest BCUT2D eigenvalue weighted by molar-refractivity contribution is 9.10. The van der Waals surface area contributed by atoms with Crippen LogP contribution in [0.1, 0.15) is 23.9 Å². The highest BCUT2D eigenvalue weighted by Gasteiger charge is 2.12. The van der Waals surface area contributed by atoms with Gasteiger partial charge < -0.3 is 5.73 Å². The number of hydrogen-bond acceptors (Lipinski definition) is 3. The van der Waals surface area contributed by atoms with E-state index < -0.39 is 0 Å². The summed E-state index contributed by atoms with van der Waals surface area (Å²) in [6, 6.07) is 8.41. The molecule has 0 fully saturated rings. The van der Waals surface area contributed by atoms with Gasteiger partial charge in [0, 0.05) is 24.2 Å². The van der Waals surface area contributed by atoms with Crippen LogP contribution in [-0.4, -0.2) is 9.78 Å². The smallest absolute Gasteiger partial charge is 0.0767 e. The van der Waals surface area contributed by atoms with Crippen molar-refractivity contribution in [3.8, 4) is 0 Å². The van der Waals surface area contributed by atoms with Crippen molar-refractivity contribution in [2.45, 2.75) is 30.5 Å². The Labute approximate surface area is 126 Å². The Morgan fingerprint density at radius 3 is 2.53 bits per heavy atom. The molecule has 1 aromatic heterocycles. The number of aromatic nitrogens is 2. The Kier molecular flexibility index (Phi) is 5.07. The molecular formula is C14H18BrN3S. The number of aryl methyl sites for hydroxylation is 2. The van der Waals surface area contributed by atoms with Crippen molar-refractivity contribution in [3.05, 3.63) is 45.7 Å². The third-order valence-electron chi connectivity index (χ3n) is 3.04. The van der Waals surface area contributed by atoms with Crippen LogP contribution in [0.3, 0.4) is 0 Å². The first-order valence-corrected chi connectivity index (χ1v) is 8.05. The van der Waals surface area contributed by atoms with Crippen LogP contribution >= 0.6 is 27.7 Å². The molecular weight excluding hydrogens is 322 g/mol. The largest absolute Gasteiger partial charge is 0.326 e. The van der Waals surface area contributed by atoms with E-state index in [1.165, 1.54) is 16.2 Å². The van der Waals surface area contributed by atoms with Gasteiger partial charge in [0.15, 0.2) is 0 Å². The summed E-state index contributed by atoms with van der Waals surface area (Å²) in [5, 5.41) is 4.51. The molecule has 0 aliphatic heterocycles. The van der Waals surface area contributed by atoms with Gasteiger partial charge in [-0.05, 0) is 40.0 Å². The average molecular weight is 340 g/mol.